The molecule has 9 aromatic carbocycles. The fourth-order valence-corrected chi connectivity index (χ4v) is 9.77. The summed E-state index contributed by atoms with van der Waals surface area (Å²) in [6.45, 7) is 0.608. The van der Waals surface area contributed by atoms with Crippen molar-refractivity contribution in [1.29, 1.82) is 0 Å². The number of nitrogens with one attached hydrogen (secondary N) is 1. The first-order valence-corrected chi connectivity index (χ1v) is 21.6. The van der Waals surface area contributed by atoms with E-state index < -0.39 is 0 Å². The van der Waals surface area contributed by atoms with Gasteiger partial charge in [0.1, 0.15) is 5.76 Å². The molecule has 0 spiro atoms. The van der Waals surface area contributed by atoms with E-state index in [4.69, 9.17) is 19.4 Å². The molecule has 1 aliphatic heterocycles. The van der Waals surface area contributed by atoms with Crippen LogP contribution in [-0.2, 0) is 6.54 Å². The van der Waals surface area contributed by atoms with Crippen molar-refractivity contribution in [1.82, 2.24) is 24.8 Å². The molecule has 0 saturated carbocycles. The zero-order valence-electron chi connectivity index (χ0n) is 34.5. The monoisotopic (exact) mass is 819 g/mol. The van der Waals surface area contributed by atoms with Crippen molar-refractivity contribution >= 4 is 60.4 Å². The van der Waals surface area contributed by atoms with Gasteiger partial charge in [0.25, 0.3) is 0 Å². The van der Waals surface area contributed by atoms with Crippen molar-refractivity contribution in [2.45, 2.75) is 6.54 Å². The van der Waals surface area contributed by atoms with Crippen molar-refractivity contribution in [2.75, 3.05) is 0 Å². The third-order valence-electron chi connectivity index (χ3n) is 12.7. The number of para-hydroxylation sites is 1. The lowest BCUT2D eigenvalue weighted by molar-refractivity contribution is 0.531. The molecule has 300 valence electrons. The molecule has 0 unspecified atom stereocenters. The largest absolute Gasteiger partial charge is 0.456 e. The van der Waals surface area contributed by atoms with Gasteiger partial charge in [-0.05, 0) is 80.3 Å². The molecule has 0 atom stereocenters. The van der Waals surface area contributed by atoms with Crippen molar-refractivity contribution in [3.63, 3.8) is 0 Å². The molecule has 0 radical (unpaired) electrons. The van der Waals surface area contributed by atoms with E-state index in [1.165, 1.54) is 21.5 Å². The minimum absolute atomic E-state index is 0.608. The summed E-state index contributed by atoms with van der Waals surface area (Å²) in [5.74, 6) is 2.79. The fraction of sp³-hybridized carbons (Fsp3) is 0.0172. The number of fused-ring (bicyclic) bond motifs is 9. The van der Waals surface area contributed by atoms with Gasteiger partial charge in [-0.25, -0.2) is 15.0 Å². The van der Waals surface area contributed by atoms with Gasteiger partial charge in [0.05, 0.1) is 23.3 Å². The molecular formula is C58H37N5O. The third-order valence-corrected chi connectivity index (χ3v) is 12.7. The van der Waals surface area contributed by atoms with E-state index in [0.29, 0.717) is 24.0 Å². The normalized spacial score (nSPS) is 12.4. The van der Waals surface area contributed by atoms with Crippen LogP contribution in [0, 0.1) is 0 Å². The Balaban J connectivity index is 1.01. The maximum atomic E-state index is 6.98. The molecule has 1 aliphatic rings. The number of hydrogen-bond acceptors (Lipinski definition) is 5. The van der Waals surface area contributed by atoms with Crippen LogP contribution in [0.2, 0.25) is 0 Å². The minimum Gasteiger partial charge on any atom is -0.456 e. The summed E-state index contributed by atoms with van der Waals surface area (Å²) in [6, 6.07) is 68.4. The number of furan rings is 1. The van der Waals surface area contributed by atoms with E-state index >= 15 is 0 Å². The van der Waals surface area contributed by atoms with Crippen LogP contribution in [0.1, 0.15) is 11.3 Å². The molecular weight excluding hydrogens is 783 g/mol. The van der Waals surface area contributed by atoms with Crippen LogP contribution in [0.5, 0.6) is 0 Å². The molecule has 1 N–H and O–H groups in total. The summed E-state index contributed by atoms with van der Waals surface area (Å²) in [5, 5.41) is 11.5. The molecule has 4 heterocycles. The zero-order chi connectivity index (χ0) is 42.1. The Bertz CT molecular complexity index is 3830. The van der Waals surface area contributed by atoms with Gasteiger partial charge in [0.15, 0.2) is 23.1 Å². The number of benzene rings is 9. The molecule has 64 heavy (non-hydrogen) atoms. The highest BCUT2D eigenvalue weighted by atomic mass is 16.3. The van der Waals surface area contributed by atoms with E-state index in [0.717, 1.165) is 88.7 Å². The second-order valence-corrected chi connectivity index (χ2v) is 16.3. The Kier molecular flexibility index (Phi) is 8.18. The first kappa shape index (κ1) is 36.1. The van der Waals surface area contributed by atoms with E-state index in [2.05, 4.69) is 186 Å². The average molecular weight is 820 g/mol. The predicted octanol–water partition coefficient (Wildman–Crippen LogP) is 14.4. The molecule has 3 aromatic heterocycles. The number of aromatic nitrogens is 4. The van der Waals surface area contributed by atoms with Gasteiger partial charge in [-0.15, -0.1) is 0 Å². The molecule has 0 amide bonds. The van der Waals surface area contributed by atoms with Gasteiger partial charge in [-0.1, -0.05) is 170 Å². The molecule has 0 fully saturated rings. The summed E-state index contributed by atoms with van der Waals surface area (Å²) in [7, 11) is 0. The van der Waals surface area contributed by atoms with E-state index in [1.807, 2.05) is 30.5 Å². The Morgan fingerprint density at radius 3 is 1.78 bits per heavy atom. The smallest absolute Gasteiger partial charge is 0.164 e. The molecule has 6 heteroatoms. The molecule has 0 saturated heterocycles. The van der Waals surface area contributed by atoms with Gasteiger partial charge in [0.2, 0.25) is 0 Å². The SMILES string of the molecule is C1=Cc2c(oc3c(-n4c5ccccc5c5c6ccccc6ccc54)ccc(-c4ccc(-c5nc(-c6ccccc6)nc(-c6ccc(-c7ccccc7)cc6)n5)c5ccccc45)c23)CN1. The van der Waals surface area contributed by atoms with Crippen LogP contribution >= 0.6 is 0 Å². The van der Waals surface area contributed by atoms with Crippen LogP contribution in [0.4, 0.5) is 0 Å². The van der Waals surface area contributed by atoms with Gasteiger partial charge in [0, 0.05) is 38.4 Å². The lowest BCUT2D eigenvalue weighted by atomic mass is 9.91. The Labute approximate surface area is 368 Å². The zero-order valence-corrected chi connectivity index (χ0v) is 34.5. The molecule has 0 aliphatic carbocycles. The fourth-order valence-electron chi connectivity index (χ4n) is 9.77. The topological polar surface area (TPSA) is 68.8 Å². The van der Waals surface area contributed by atoms with Gasteiger partial charge < -0.3 is 14.3 Å². The van der Waals surface area contributed by atoms with E-state index in [9.17, 15) is 0 Å². The Morgan fingerprint density at radius 2 is 1.00 bits per heavy atom. The highest BCUT2D eigenvalue weighted by molar-refractivity contribution is 6.22. The van der Waals surface area contributed by atoms with Crippen LogP contribution < -0.4 is 5.32 Å². The highest BCUT2D eigenvalue weighted by Gasteiger charge is 2.25. The summed E-state index contributed by atoms with van der Waals surface area (Å²) >= 11 is 0. The standard InChI is InChI=1S/C58H37N5O/c1-3-13-36(14-4-1)37-23-25-40(26-24-37)57-60-56(39-16-5-2-6-17-39)61-58(62-57)46-29-28-44(42-19-9-10-20-43(42)46)45-30-32-51(55-54(45)48-33-34-59-35-52(48)64-55)63-49-22-12-11-21-47(49)53-41-18-8-7-15-38(41)27-31-50(53)63/h1-34,59H,35H2. The lowest BCUT2D eigenvalue weighted by Crippen LogP contribution is -2.08. The van der Waals surface area contributed by atoms with E-state index in [-0.39, 0.29) is 0 Å². The maximum Gasteiger partial charge on any atom is 0.164 e. The first-order valence-electron chi connectivity index (χ1n) is 21.6. The maximum absolute atomic E-state index is 6.98. The second-order valence-electron chi connectivity index (χ2n) is 16.3. The summed E-state index contributed by atoms with van der Waals surface area (Å²) in [4.78, 5) is 15.4. The lowest BCUT2D eigenvalue weighted by Gasteiger charge is -2.15. The number of rotatable bonds is 6. The van der Waals surface area contributed by atoms with Crippen molar-refractivity contribution in [3.05, 3.63) is 212 Å². The Hall–Kier alpha value is -8.61. The molecule has 13 rings (SSSR count). The third kappa shape index (κ3) is 5.70. The molecule has 12 aromatic rings. The molecule has 6 nitrogen and oxygen atoms in total. The summed E-state index contributed by atoms with van der Waals surface area (Å²) in [5.41, 5.74) is 12.5. The first-order chi connectivity index (χ1) is 31.7. The summed E-state index contributed by atoms with van der Waals surface area (Å²) < 4.78 is 9.36. The second kappa shape index (κ2) is 14.5. The van der Waals surface area contributed by atoms with Crippen LogP contribution in [-0.4, -0.2) is 19.5 Å². The van der Waals surface area contributed by atoms with Crippen LogP contribution in [0.25, 0.3) is 123 Å². The van der Waals surface area contributed by atoms with Gasteiger partial charge >= 0.3 is 0 Å². The number of hydrogen-bond donors (Lipinski definition) is 1. The van der Waals surface area contributed by atoms with Gasteiger partial charge in [-0.3, -0.25) is 0 Å². The van der Waals surface area contributed by atoms with Crippen molar-refractivity contribution in [3.8, 4) is 62.1 Å². The van der Waals surface area contributed by atoms with Gasteiger partial charge in [-0.2, -0.15) is 0 Å². The van der Waals surface area contributed by atoms with Crippen LogP contribution in [0.15, 0.2) is 205 Å². The summed E-state index contributed by atoms with van der Waals surface area (Å²) in [6.07, 6.45) is 4.18. The van der Waals surface area contributed by atoms with Crippen molar-refractivity contribution < 1.29 is 4.42 Å². The highest BCUT2D eigenvalue weighted by Crippen LogP contribution is 2.46. The predicted molar refractivity (Wildman–Crippen MR) is 262 cm³/mol. The Morgan fingerprint density at radius 1 is 0.422 bits per heavy atom. The number of nitrogens with zero attached hydrogens (tertiary/aromatic N) is 4. The average Bonchev–Trinajstić information content (AvgIpc) is 3.93. The van der Waals surface area contributed by atoms with Crippen molar-refractivity contribution in [2.24, 2.45) is 0 Å². The minimum atomic E-state index is 0.608. The quantitative estimate of drug-likeness (QED) is 0.181. The molecule has 0 bridgehead atoms. The van der Waals surface area contributed by atoms with Crippen LogP contribution in [0.3, 0.4) is 0 Å². The van der Waals surface area contributed by atoms with E-state index in [1.54, 1.807) is 0 Å².